The second-order valence-electron chi connectivity index (χ2n) is 9.30. The van der Waals surface area contributed by atoms with E-state index in [0.29, 0.717) is 13.2 Å². The van der Waals surface area contributed by atoms with E-state index >= 15 is 0 Å². The Morgan fingerprint density at radius 3 is 1.49 bits per heavy atom. The third-order valence-corrected chi connectivity index (χ3v) is 9.44. The lowest BCUT2D eigenvalue weighted by Gasteiger charge is -2.18. The topological polar surface area (TPSA) is 18.5 Å². The Labute approximate surface area is 246 Å². The van der Waals surface area contributed by atoms with E-state index in [4.69, 9.17) is 9.47 Å². The molecule has 4 rings (SSSR count). The van der Waals surface area contributed by atoms with Crippen molar-refractivity contribution in [2.24, 2.45) is 0 Å². The zero-order chi connectivity index (χ0) is 24.8. The summed E-state index contributed by atoms with van der Waals surface area (Å²) in [5.74, 6) is 1.70. The maximum atomic E-state index is 6.22. The quantitative estimate of drug-likeness (QED) is 0.220. The van der Waals surface area contributed by atoms with Crippen LogP contribution in [-0.4, -0.2) is 0 Å². The second kappa shape index (κ2) is 12.3. The molecule has 0 spiro atoms. The van der Waals surface area contributed by atoms with Crippen molar-refractivity contribution in [3.05, 3.63) is 122 Å². The first kappa shape index (κ1) is 26.7. The molecule has 5 heteroatoms. The first-order valence-electron chi connectivity index (χ1n) is 11.4. The van der Waals surface area contributed by atoms with Crippen molar-refractivity contribution in [1.29, 1.82) is 0 Å². The fraction of sp³-hybridized carbons (Fsp3) is 0.200. The minimum absolute atomic E-state index is 0.163. The van der Waals surface area contributed by atoms with E-state index in [1.54, 1.807) is 0 Å². The zero-order valence-electron chi connectivity index (χ0n) is 20.0. The second-order valence-corrected chi connectivity index (χ2v) is 14.8. The van der Waals surface area contributed by atoms with Gasteiger partial charge in [-0.2, -0.15) is 0 Å². The Morgan fingerprint density at radius 1 is 0.600 bits per heavy atom. The summed E-state index contributed by atoms with van der Waals surface area (Å²) >= 11 is 4.29. The highest BCUT2D eigenvalue weighted by molar-refractivity contribution is 14.1. The smallest absolute Gasteiger partial charge is 0.358 e. The standard InChI is InChI=1S/C30H28I3O2/c1-30(2,3)23-8-14-26(15-9-23)33-27-16-28(34-19-21-4-10-24(31)11-5-21)18-29(17-27)35-20-22-6-12-25(32)13-7-22/h4-18H,19-20H2,1-3H3/q+1. The van der Waals surface area contributed by atoms with Gasteiger partial charge in [0.25, 0.3) is 0 Å². The van der Waals surface area contributed by atoms with Gasteiger partial charge in [0.05, 0.1) is 0 Å². The van der Waals surface area contributed by atoms with E-state index < -0.39 is 0 Å². The molecule has 0 N–H and O–H groups in total. The Bertz CT molecular complexity index is 1180. The molecule has 0 atom stereocenters. The Balaban J connectivity index is 1.53. The maximum Gasteiger partial charge on any atom is 0.358 e. The van der Waals surface area contributed by atoms with E-state index in [9.17, 15) is 0 Å². The number of ether oxygens (including phenoxy) is 2. The number of hydrogen-bond acceptors (Lipinski definition) is 2. The fourth-order valence-electron chi connectivity index (χ4n) is 3.39. The molecule has 180 valence electrons. The Hall–Kier alpha value is -1.33. The minimum atomic E-state index is -0.358. The van der Waals surface area contributed by atoms with Gasteiger partial charge in [-0.3, -0.25) is 0 Å². The monoisotopic (exact) mass is 801 g/mol. The lowest BCUT2D eigenvalue weighted by atomic mass is 9.87. The molecule has 4 aromatic carbocycles. The van der Waals surface area contributed by atoms with Crippen LogP contribution < -0.4 is 30.7 Å². The largest absolute Gasteiger partial charge is 0.489 e. The van der Waals surface area contributed by atoms with Crippen LogP contribution in [0.15, 0.2) is 91.0 Å². The molecule has 0 amide bonds. The SMILES string of the molecule is CC(C)(C)c1ccc([I+]c2cc(OCc3ccc(I)cc3)cc(OCc3ccc(I)cc3)c2)cc1. The lowest BCUT2D eigenvalue weighted by Crippen LogP contribution is -3.61. The van der Waals surface area contributed by atoms with Gasteiger partial charge in [-0.25, -0.2) is 0 Å². The molecule has 0 aliphatic heterocycles. The average Bonchev–Trinajstić information content (AvgIpc) is 2.83. The third kappa shape index (κ3) is 8.35. The van der Waals surface area contributed by atoms with Crippen LogP contribution in [0.1, 0.15) is 37.5 Å². The lowest BCUT2D eigenvalue weighted by molar-refractivity contribution is -0.597. The van der Waals surface area contributed by atoms with Gasteiger partial charge in [-0.05, 0) is 104 Å². The fourth-order valence-corrected chi connectivity index (χ4v) is 6.47. The van der Waals surface area contributed by atoms with Crippen molar-refractivity contribution in [2.75, 3.05) is 0 Å². The van der Waals surface area contributed by atoms with Crippen molar-refractivity contribution < 1.29 is 30.7 Å². The molecule has 0 heterocycles. The molecular formula is C30H28I3O2+. The highest BCUT2D eigenvalue weighted by atomic mass is 127. The molecular weight excluding hydrogens is 773 g/mol. The van der Waals surface area contributed by atoms with E-state index in [1.165, 1.54) is 19.8 Å². The third-order valence-electron chi connectivity index (χ3n) is 5.41. The molecule has 4 aromatic rings. The van der Waals surface area contributed by atoms with Crippen LogP contribution in [0.5, 0.6) is 11.5 Å². The molecule has 0 fully saturated rings. The first-order chi connectivity index (χ1) is 16.7. The van der Waals surface area contributed by atoms with Gasteiger partial charge in [0, 0.05) is 25.3 Å². The van der Waals surface area contributed by atoms with E-state index in [2.05, 4.69) is 151 Å². The molecule has 0 aliphatic rings. The summed E-state index contributed by atoms with van der Waals surface area (Å²) in [5, 5.41) is 0. The van der Waals surface area contributed by atoms with Gasteiger partial charge >= 0.3 is 21.2 Å². The van der Waals surface area contributed by atoms with Crippen LogP contribution in [0.2, 0.25) is 0 Å². The molecule has 0 bridgehead atoms. The Kier molecular flexibility index (Phi) is 9.37. The van der Waals surface area contributed by atoms with Crippen LogP contribution in [-0.2, 0) is 18.6 Å². The number of halogens is 3. The van der Waals surface area contributed by atoms with Crippen molar-refractivity contribution in [1.82, 2.24) is 0 Å². The zero-order valence-corrected chi connectivity index (χ0v) is 26.5. The van der Waals surface area contributed by atoms with Crippen molar-refractivity contribution >= 4 is 45.2 Å². The first-order valence-corrected chi connectivity index (χ1v) is 15.7. The highest BCUT2D eigenvalue weighted by Crippen LogP contribution is 2.23. The average molecular weight is 801 g/mol. The molecule has 0 saturated carbocycles. The van der Waals surface area contributed by atoms with E-state index in [-0.39, 0.29) is 26.6 Å². The summed E-state index contributed by atoms with van der Waals surface area (Å²) in [6.45, 7) is 7.83. The number of hydrogen-bond donors (Lipinski definition) is 0. The van der Waals surface area contributed by atoms with Gasteiger partial charge < -0.3 is 9.47 Å². The van der Waals surface area contributed by atoms with Crippen molar-refractivity contribution in [3.8, 4) is 11.5 Å². The number of rotatable bonds is 8. The Morgan fingerprint density at radius 2 is 1.06 bits per heavy atom. The molecule has 0 unspecified atom stereocenters. The summed E-state index contributed by atoms with van der Waals surface area (Å²) in [7, 11) is 0. The molecule has 0 saturated heterocycles. The predicted molar refractivity (Wildman–Crippen MR) is 156 cm³/mol. The minimum Gasteiger partial charge on any atom is -0.489 e. The number of benzene rings is 4. The normalized spacial score (nSPS) is 11.3. The summed E-state index contributed by atoms with van der Waals surface area (Å²) in [5.41, 5.74) is 3.84. The summed E-state index contributed by atoms with van der Waals surface area (Å²) < 4.78 is 17.5. The molecule has 35 heavy (non-hydrogen) atoms. The van der Waals surface area contributed by atoms with Gasteiger partial charge in [-0.15, -0.1) is 0 Å². The predicted octanol–water partition coefficient (Wildman–Crippen LogP) is 5.48. The van der Waals surface area contributed by atoms with Gasteiger partial charge in [0.1, 0.15) is 24.7 Å². The molecule has 2 nitrogen and oxygen atoms in total. The van der Waals surface area contributed by atoms with Crippen LogP contribution in [0.3, 0.4) is 0 Å². The van der Waals surface area contributed by atoms with E-state index in [0.717, 1.165) is 22.6 Å². The van der Waals surface area contributed by atoms with Crippen molar-refractivity contribution in [3.63, 3.8) is 0 Å². The van der Waals surface area contributed by atoms with Gasteiger partial charge in [0.2, 0.25) is 3.57 Å². The summed E-state index contributed by atoms with van der Waals surface area (Å²) in [6, 6.07) is 32.3. The van der Waals surface area contributed by atoms with Gasteiger partial charge in [-0.1, -0.05) is 57.2 Å². The van der Waals surface area contributed by atoms with Gasteiger partial charge in [0.15, 0.2) is 3.57 Å². The molecule has 0 radical (unpaired) electrons. The van der Waals surface area contributed by atoms with Crippen LogP contribution in [0, 0.1) is 14.3 Å². The van der Waals surface area contributed by atoms with Crippen molar-refractivity contribution in [2.45, 2.75) is 39.4 Å². The molecule has 0 aromatic heterocycles. The van der Waals surface area contributed by atoms with Crippen LogP contribution >= 0.6 is 45.2 Å². The summed E-state index contributed by atoms with van der Waals surface area (Å²) in [4.78, 5) is 0. The van der Waals surface area contributed by atoms with Crippen LogP contribution in [0.4, 0.5) is 0 Å². The summed E-state index contributed by atoms with van der Waals surface area (Å²) in [6.07, 6.45) is 0. The highest BCUT2D eigenvalue weighted by Gasteiger charge is 2.21. The van der Waals surface area contributed by atoms with E-state index in [1.807, 2.05) is 6.07 Å². The molecule has 0 aliphatic carbocycles. The maximum absolute atomic E-state index is 6.22. The van der Waals surface area contributed by atoms with Crippen LogP contribution in [0.25, 0.3) is 0 Å².